The highest BCUT2D eigenvalue weighted by molar-refractivity contribution is 5.90. The van der Waals surface area contributed by atoms with E-state index in [-0.39, 0.29) is 42.5 Å². The van der Waals surface area contributed by atoms with Crippen molar-refractivity contribution in [3.8, 4) is 0 Å². The fourth-order valence-corrected chi connectivity index (χ4v) is 4.34. The first kappa shape index (κ1) is 28.8. The van der Waals surface area contributed by atoms with Crippen LogP contribution in [0.3, 0.4) is 0 Å². The smallest absolute Gasteiger partial charge is 0.245 e. The number of rotatable bonds is 15. The Kier molecular flexibility index (Phi) is 14.0. The minimum absolute atomic E-state index is 0.0182. The van der Waals surface area contributed by atoms with Crippen LogP contribution in [0, 0.1) is 11.8 Å². The van der Waals surface area contributed by atoms with E-state index in [9.17, 15) is 9.59 Å². The second kappa shape index (κ2) is 15.6. The number of carbonyl (C=O) groups is 2. The molecular weight excluding hydrogens is 410 g/mol. The third-order valence-electron chi connectivity index (χ3n) is 6.60. The number of piperidine rings is 1. The Hall–Kier alpha value is -1.22. The molecule has 1 saturated heterocycles. The number of nitrogens with zero attached hydrogens (tertiary/aromatic N) is 2. The summed E-state index contributed by atoms with van der Waals surface area (Å²) in [5.41, 5.74) is 0. The Morgan fingerprint density at radius 3 is 2.41 bits per heavy atom. The van der Waals surface area contributed by atoms with Gasteiger partial charge in [0.05, 0.1) is 19.3 Å². The van der Waals surface area contributed by atoms with E-state index in [1.165, 1.54) is 0 Å². The maximum Gasteiger partial charge on any atom is 0.245 e. The second-order valence-electron chi connectivity index (χ2n) is 9.30. The van der Waals surface area contributed by atoms with E-state index < -0.39 is 6.04 Å². The van der Waals surface area contributed by atoms with Gasteiger partial charge in [0.25, 0.3) is 0 Å². The first-order valence-electron chi connectivity index (χ1n) is 12.1. The quantitative estimate of drug-likeness (QED) is 0.301. The average Bonchev–Trinajstić information content (AvgIpc) is 2.78. The Morgan fingerprint density at radius 2 is 1.84 bits per heavy atom. The largest absolute Gasteiger partial charge is 0.383 e. The molecule has 188 valence electrons. The van der Waals surface area contributed by atoms with Crippen molar-refractivity contribution in [2.75, 3.05) is 54.4 Å². The van der Waals surface area contributed by atoms with E-state index in [1.54, 1.807) is 14.2 Å². The van der Waals surface area contributed by atoms with Crippen LogP contribution in [-0.2, 0) is 23.8 Å². The number of hydrogen-bond acceptors (Lipinski definition) is 6. The van der Waals surface area contributed by atoms with Crippen molar-refractivity contribution in [1.29, 1.82) is 0 Å². The molecule has 0 radical (unpaired) electrons. The maximum atomic E-state index is 13.9. The SMILES string of the molecule is CCC(C)C(NC(=O)C1CCCCN1C)C(=O)N(CCOC)[C@H](CCOCOC)C(C)C. The molecular formula is C24H47N3O5. The van der Waals surface area contributed by atoms with Crippen molar-refractivity contribution >= 4 is 11.8 Å². The van der Waals surface area contributed by atoms with Gasteiger partial charge in [-0.1, -0.05) is 40.5 Å². The lowest BCUT2D eigenvalue weighted by molar-refractivity contribution is -0.143. The number of methoxy groups -OCH3 is 2. The molecule has 1 N–H and O–H groups in total. The molecule has 0 aromatic carbocycles. The minimum atomic E-state index is -0.555. The maximum absolute atomic E-state index is 13.9. The van der Waals surface area contributed by atoms with Crippen LogP contribution >= 0.6 is 0 Å². The van der Waals surface area contributed by atoms with Gasteiger partial charge in [0.1, 0.15) is 12.8 Å². The van der Waals surface area contributed by atoms with Gasteiger partial charge in [-0.2, -0.15) is 0 Å². The third-order valence-corrected chi connectivity index (χ3v) is 6.60. The van der Waals surface area contributed by atoms with Crippen molar-refractivity contribution in [2.45, 2.75) is 77.9 Å². The van der Waals surface area contributed by atoms with Crippen molar-refractivity contribution in [3.05, 3.63) is 0 Å². The van der Waals surface area contributed by atoms with Crippen LogP contribution < -0.4 is 5.32 Å². The van der Waals surface area contributed by atoms with Crippen LogP contribution in [0.5, 0.6) is 0 Å². The van der Waals surface area contributed by atoms with Crippen LogP contribution in [0.2, 0.25) is 0 Å². The average molecular weight is 458 g/mol. The molecule has 8 nitrogen and oxygen atoms in total. The number of hydrogen-bond donors (Lipinski definition) is 1. The van der Waals surface area contributed by atoms with E-state index in [4.69, 9.17) is 14.2 Å². The van der Waals surface area contributed by atoms with E-state index >= 15 is 0 Å². The molecule has 0 aliphatic carbocycles. The van der Waals surface area contributed by atoms with Crippen LogP contribution in [-0.4, -0.2) is 94.1 Å². The zero-order chi connectivity index (χ0) is 24.1. The summed E-state index contributed by atoms with van der Waals surface area (Å²) < 4.78 is 15.8. The Morgan fingerprint density at radius 1 is 1.12 bits per heavy atom. The number of nitrogens with one attached hydrogen (secondary N) is 1. The molecule has 32 heavy (non-hydrogen) atoms. The van der Waals surface area contributed by atoms with Gasteiger partial charge < -0.3 is 24.4 Å². The number of carbonyl (C=O) groups excluding carboxylic acids is 2. The monoisotopic (exact) mass is 457 g/mol. The summed E-state index contributed by atoms with van der Waals surface area (Å²) in [5, 5.41) is 3.13. The Bertz CT molecular complexity index is 546. The zero-order valence-corrected chi connectivity index (χ0v) is 21.4. The van der Waals surface area contributed by atoms with Gasteiger partial charge in [-0.25, -0.2) is 0 Å². The highest BCUT2D eigenvalue weighted by atomic mass is 16.7. The molecule has 1 heterocycles. The highest BCUT2D eigenvalue weighted by Gasteiger charge is 2.36. The molecule has 1 rings (SSSR count). The predicted molar refractivity (Wildman–Crippen MR) is 126 cm³/mol. The zero-order valence-electron chi connectivity index (χ0n) is 21.4. The molecule has 8 heteroatoms. The van der Waals surface area contributed by atoms with Crippen LogP contribution in [0.4, 0.5) is 0 Å². The lowest BCUT2D eigenvalue weighted by Crippen LogP contribution is -2.59. The Labute approximate surface area is 195 Å². The standard InChI is InChI=1S/C24H47N3O5/c1-8-19(4)22(25-23(28)21-11-9-10-13-26(21)5)24(29)27(14-16-30-6)20(18(2)3)12-15-32-17-31-7/h18-22H,8-17H2,1-7H3,(H,25,28)/t19?,20-,21?,22?/m1/s1. The summed E-state index contributed by atoms with van der Waals surface area (Å²) >= 11 is 0. The van der Waals surface area contributed by atoms with Gasteiger partial charge in [0.15, 0.2) is 0 Å². The van der Waals surface area contributed by atoms with E-state index in [0.29, 0.717) is 26.2 Å². The van der Waals surface area contributed by atoms with Crippen molar-refractivity contribution in [2.24, 2.45) is 11.8 Å². The molecule has 0 saturated carbocycles. The lowest BCUT2D eigenvalue weighted by atomic mass is 9.93. The van der Waals surface area contributed by atoms with E-state index in [0.717, 1.165) is 32.2 Å². The molecule has 4 atom stereocenters. The van der Waals surface area contributed by atoms with Crippen LogP contribution in [0.15, 0.2) is 0 Å². The molecule has 0 bridgehead atoms. The minimum Gasteiger partial charge on any atom is -0.383 e. The van der Waals surface area contributed by atoms with Crippen LogP contribution in [0.25, 0.3) is 0 Å². The summed E-state index contributed by atoms with van der Waals surface area (Å²) in [6.07, 6.45) is 4.49. The Balaban J connectivity index is 3.05. The summed E-state index contributed by atoms with van der Waals surface area (Å²) in [4.78, 5) is 31.0. The van der Waals surface area contributed by atoms with E-state index in [1.807, 2.05) is 18.9 Å². The fraction of sp³-hybridized carbons (Fsp3) is 0.917. The molecule has 1 fully saturated rings. The first-order chi connectivity index (χ1) is 15.3. The lowest BCUT2D eigenvalue weighted by Gasteiger charge is -2.39. The van der Waals surface area contributed by atoms with Gasteiger partial charge in [-0.3, -0.25) is 14.5 Å². The summed E-state index contributed by atoms with van der Waals surface area (Å²) in [5.74, 6) is 0.193. The topological polar surface area (TPSA) is 80.3 Å². The van der Waals surface area contributed by atoms with Gasteiger partial charge in [-0.15, -0.1) is 0 Å². The molecule has 0 spiro atoms. The van der Waals surface area contributed by atoms with Crippen molar-refractivity contribution in [3.63, 3.8) is 0 Å². The number of ether oxygens (including phenoxy) is 3. The van der Waals surface area contributed by atoms with Gasteiger partial charge >= 0.3 is 0 Å². The van der Waals surface area contributed by atoms with Crippen molar-refractivity contribution < 1.29 is 23.8 Å². The molecule has 3 unspecified atom stereocenters. The normalized spacial score (nSPS) is 20.1. The molecule has 0 aromatic rings. The van der Waals surface area contributed by atoms with E-state index in [2.05, 4.69) is 31.0 Å². The summed E-state index contributed by atoms with van der Waals surface area (Å²) in [6, 6.07) is -0.741. The predicted octanol–water partition coefficient (Wildman–Crippen LogP) is 2.51. The summed E-state index contributed by atoms with van der Waals surface area (Å²) in [7, 11) is 5.22. The number of amides is 2. The van der Waals surface area contributed by atoms with Gasteiger partial charge in [-0.05, 0) is 44.7 Å². The molecule has 2 amide bonds. The molecule has 0 aromatic heterocycles. The number of likely N-dealkylation sites (N-methyl/N-ethyl adjacent to an activating group) is 1. The third kappa shape index (κ3) is 8.96. The summed E-state index contributed by atoms with van der Waals surface area (Å²) in [6.45, 7) is 10.9. The van der Waals surface area contributed by atoms with Gasteiger partial charge in [0, 0.05) is 26.8 Å². The highest BCUT2D eigenvalue weighted by Crippen LogP contribution is 2.21. The molecule has 1 aliphatic heterocycles. The molecule has 1 aliphatic rings. The van der Waals surface area contributed by atoms with Gasteiger partial charge in [0.2, 0.25) is 11.8 Å². The fourth-order valence-electron chi connectivity index (χ4n) is 4.34. The second-order valence-corrected chi connectivity index (χ2v) is 9.30. The van der Waals surface area contributed by atoms with Crippen molar-refractivity contribution in [1.82, 2.24) is 15.1 Å². The number of likely N-dealkylation sites (tertiary alicyclic amines) is 1. The van der Waals surface area contributed by atoms with Crippen LogP contribution in [0.1, 0.15) is 59.8 Å². The first-order valence-corrected chi connectivity index (χ1v) is 12.1.